The molecule has 1 amide bonds. The Hall–Kier alpha value is -3.17. The highest BCUT2D eigenvalue weighted by Gasteiger charge is 2.13. The van der Waals surface area contributed by atoms with Gasteiger partial charge in [-0.1, -0.05) is 46.9 Å². The first-order chi connectivity index (χ1) is 15.4. The summed E-state index contributed by atoms with van der Waals surface area (Å²) in [7, 11) is 1.51. The minimum Gasteiger partial charge on any atom is -0.493 e. The van der Waals surface area contributed by atoms with Crippen LogP contribution in [0.4, 0.5) is 5.69 Å². The van der Waals surface area contributed by atoms with Gasteiger partial charge in [0.1, 0.15) is 18.2 Å². The molecule has 0 aromatic heterocycles. The maximum atomic E-state index is 12.5. The number of amides is 1. The van der Waals surface area contributed by atoms with Crippen molar-refractivity contribution in [1.82, 2.24) is 0 Å². The normalized spacial score (nSPS) is 10.9. The monoisotopic (exact) mass is 486 g/mol. The largest absolute Gasteiger partial charge is 0.493 e. The third kappa shape index (κ3) is 5.95. The number of carbonyl (C=O) groups excluding carboxylic acids is 1. The lowest BCUT2D eigenvalue weighted by molar-refractivity contribution is -0.112. The predicted octanol–water partition coefficient (Wildman–Crippen LogP) is 6.78. The van der Waals surface area contributed by atoms with E-state index in [2.05, 4.69) is 5.32 Å². The summed E-state index contributed by atoms with van der Waals surface area (Å²) in [6, 6.07) is 18.8. The molecule has 0 aliphatic heterocycles. The number of rotatable bonds is 7. The molecule has 0 bridgehead atoms. The molecule has 0 saturated carbocycles. The van der Waals surface area contributed by atoms with E-state index >= 15 is 0 Å². The van der Waals surface area contributed by atoms with Crippen LogP contribution >= 0.6 is 34.8 Å². The molecule has 32 heavy (non-hydrogen) atoms. The molecule has 3 rings (SSSR count). The zero-order valence-corrected chi connectivity index (χ0v) is 19.1. The SMILES string of the molecule is COc1ccc(/C=C(\C#N)C(=O)Nc2ccc(Cl)cc2)cc1OCc1c(Cl)cccc1Cl. The average molecular weight is 488 g/mol. The van der Waals surface area contributed by atoms with Gasteiger partial charge in [0.2, 0.25) is 0 Å². The number of carbonyl (C=O) groups is 1. The first kappa shape index (κ1) is 23.5. The summed E-state index contributed by atoms with van der Waals surface area (Å²) in [4.78, 5) is 12.5. The van der Waals surface area contributed by atoms with Gasteiger partial charge in [-0.15, -0.1) is 0 Å². The molecule has 0 spiro atoms. The second-order valence-electron chi connectivity index (χ2n) is 6.53. The summed E-state index contributed by atoms with van der Waals surface area (Å²) in [6.07, 6.45) is 1.46. The number of nitrogens with one attached hydrogen (secondary N) is 1. The molecule has 3 aromatic rings. The fourth-order valence-corrected chi connectivity index (χ4v) is 3.40. The van der Waals surface area contributed by atoms with Crippen LogP contribution in [-0.2, 0) is 11.4 Å². The zero-order chi connectivity index (χ0) is 23.1. The van der Waals surface area contributed by atoms with Crippen molar-refractivity contribution in [1.29, 1.82) is 5.26 Å². The lowest BCUT2D eigenvalue weighted by Gasteiger charge is -2.13. The number of hydrogen-bond donors (Lipinski definition) is 1. The molecule has 0 heterocycles. The Morgan fingerprint density at radius 3 is 2.34 bits per heavy atom. The molecule has 162 valence electrons. The molecule has 8 heteroatoms. The van der Waals surface area contributed by atoms with Gasteiger partial charge in [-0.3, -0.25) is 4.79 Å². The van der Waals surface area contributed by atoms with Gasteiger partial charge in [-0.25, -0.2) is 0 Å². The summed E-state index contributed by atoms with van der Waals surface area (Å²) in [6.45, 7) is 0.115. The van der Waals surface area contributed by atoms with Crippen molar-refractivity contribution in [3.05, 3.63) is 92.4 Å². The third-order valence-electron chi connectivity index (χ3n) is 4.40. The van der Waals surface area contributed by atoms with Crippen molar-refractivity contribution >= 4 is 52.5 Å². The molecule has 0 radical (unpaired) electrons. The second kappa shape index (κ2) is 10.9. The van der Waals surface area contributed by atoms with Crippen LogP contribution in [0, 0.1) is 11.3 Å². The summed E-state index contributed by atoms with van der Waals surface area (Å²) in [5, 5.41) is 13.7. The summed E-state index contributed by atoms with van der Waals surface area (Å²) < 4.78 is 11.2. The van der Waals surface area contributed by atoms with Crippen molar-refractivity contribution in [3.63, 3.8) is 0 Å². The molecular formula is C24H17Cl3N2O3. The Morgan fingerprint density at radius 2 is 1.72 bits per heavy atom. The van der Waals surface area contributed by atoms with E-state index in [1.165, 1.54) is 13.2 Å². The lowest BCUT2D eigenvalue weighted by atomic mass is 10.1. The topological polar surface area (TPSA) is 71.3 Å². The summed E-state index contributed by atoms with van der Waals surface area (Å²) in [5.41, 5.74) is 1.66. The summed E-state index contributed by atoms with van der Waals surface area (Å²) >= 11 is 18.3. The minimum atomic E-state index is -0.545. The van der Waals surface area contributed by atoms with Crippen molar-refractivity contribution in [2.75, 3.05) is 12.4 Å². The number of benzene rings is 3. The molecule has 0 unspecified atom stereocenters. The van der Waals surface area contributed by atoms with Gasteiger partial charge in [-0.05, 0) is 60.2 Å². The van der Waals surface area contributed by atoms with E-state index in [0.29, 0.717) is 43.4 Å². The van der Waals surface area contributed by atoms with Gasteiger partial charge in [0.05, 0.1) is 7.11 Å². The first-order valence-electron chi connectivity index (χ1n) is 9.33. The van der Waals surface area contributed by atoms with E-state index in [4.69, 9.17) is 44.3 Å². The van der Waals surface area contributed by atoms with Crippen molar-refractivity contribution < 1.29 is 14.3 Å². The van der Waals surface area contributed by atoms with Gasteiger partial charge in [0.15, 0.2) is 11.5 Å². The van der Waals surface area contributed by atoms with Crippen molar-refractivity contribution in [3.8, 4) is 17.6 Å². The highest BCUT2D eigenvalue weighted by molar-refractivity contribution is 6.36. The number of ether oxygens (including phenoxy) is 2. The van der Waals surface area contributed by atoms with Crippen LogP contribution in [0.1, 0.15) is 11.1 Å². The number of methoxy groups -OCH3 is 1. The number of anilines is 1. The maximum absolute atomic E-state index is 12.5. The molecule has 0 fully saturated rings. The fourth-order valence-electron chi connectivity index (χ4n) is 2.76. The van der Waals surface area contributed by atoms with Crippen LogP contribution < -0.4 is 14.8 Å². The van der Waals surface area contributed by atoms with E-state index in [-0.39, 0.29) is 12.2 Å². The van der Waals surface area contributed by atoms with Crippen LogP contribution in [-0.4, -0.2) is 13.0 Å². The first-order valence-corrected chi connectivity index (χ1v) is 10.5. The van der Waals surface area contributed by atoms with Gasteiger partial charge in [0.25, 0.3) is 5.91 Å². The van der Waals surface area contributed by atoms with E-state index in [1.54, 1.807) is 60.7 Å². The van der Waals surface area contributed by atoms with Crippen LogP contribution in [0.2, 0.25) is 15.1 Å². The Bertz CT molecular complexity index is 1180. The van der Waals surface area contributed by atoms with E-state index in [9.17, 15) is 10.1 Å². The van der Waals surface area contributed by atoms with Crippen molar-refractivity contribution in [2.24, 2.45) is 0 Å². The molecule has 0 aliphatic carbocycles. The molecule has 0 aliphatic rings. The van der Waals surface area contributed by atoms with E-state index in [1.807, 2.05) is 6.07 Å². The molecule has 0 atom stereocenters. The summed E-state index contributed by atoms with van der Waals surface area (Å²) in [5.74, 6) is 0.345. The second-order valence-corrected chi connectivity index (χ2v) is 7.78. The van der Waals surface area contributed by atoms with Gasteiger partial charge in [-0.2, -0.15) is 5.26 Å². The smallest absolute Gasteiger partial charge is 0.266 e. The standard InChI is InChI=1S/C24H17Cl3N2O3/c1-31-22-10-5-15(12-23(22)32-14-19-20(26)3-2-4-21(19)27)11-16(13-28)24(30)29-18-8-6-17(25)7-9-18/h2-12H,14H2,1H3,(H,29,30)/b16-11+. The van der Waals surface area contributed by atoms with E-state index < -0.39 is 5.91 Å². The van der Waals surface area contributed by atoms with Gasteiger partial charge in [0, 0.05) is 26.3 Å². The predicted molar refractivity (Wildman–Crippen MR) is 127 cm³/mol. The Balaban J connectivity index is 1.82. The Morgan fingerprint density at radius 1 is 1.03 bits per heavy atom. The molecule has 1 N–H and O–H groups in total. The third-order valence-corrected chi connectivity index (χ3v) is 5.36. The highest BCUT2D eigenvalue weighted by atomic mass is 35.5. The Kier molecular flexibility index (Phi) is 8.02. The quantitative estimate of drug-likeness (QED) is 0.294. The fraction of sp³-hybridized carbons (Fsp3) is 0.0833. The molecule has 0 saturated heterocycles. The highest BCUT2D eigenvalue weighted by Crippen LogP contribution is 2.32. The molecule has 3 aromatic carbocycles. The van der Waals surface area contributed by atoms with Crippen LogP contribution in [0.3, 0.4) is 0 Å². The minimum absolute atomic E-state index is 0.0785. The van der Waals surface area contributed by atoms with Crippen molar-refractivity contribution in [2.45, 2.75) is 6.61 Å². The maximum Gasteiger partial charge on any atom is 0.266 e. The average Bonchev–Trinajstić information content (AvgIpc) is 2.78. The molecular weight excluding hydrogens is 471 g/mol. The lowest BCUT2D eigenvalue weighted by Crippen LogP contribution is -2.13. The van der Waals surface area contributed by atoms with E-state index in [0.717, 1.165) is 0 Å². The van der Waals surface area contributed by atoms with Crippen LogP contribution in [0.15, 0.2) is 66.2 Å². The number of nitrogens with zero attached hydrogens (tertiary/aromatic N) is 1. The number of hydrogen-bond acceptors (Lipinski definition) is 4. The van der Waals surface area contributed by atoms with Crippen LogP contribution in [0.25, 0.3) is 6.08 Å². The Labute approximate surface area is 200 Å². The van der Waals surface area contributed by atoms with Gasteiger partial charge >= 0.3 is 0 Å². The number of nitriles is 1. The van der Waals surface area contributed by atoms with Crippen LogP contribution in [0.5, 0.6) is 11.5 Å². The molecule has 5 nitrogen and oxygen atoms in total. The number of halogens is 3. The zero-order valence-electron chi connectivity index (χ0n) is 16.9. The van der Waals surface area contributed by atoms with Gasteiger partial charge < -0.3 is 14.8 Å².